The molecule has 0 saturated carbocycles. The quantitative estimate of drug-likeness (QED) is 0.770. The van der Waals surface area contributed by atoms with Crippen LogP contribution in [-0.4, -0.2) is 22.1 Å². The van der Waals surface area contributed by atoms with Crippen molar-refractivity contribution >= 4 is 0 Å². The predicted molar refractivity (Wildman–Crippen MR) is 68.3 cm³/mol. The third kappa shape index (κ3) is 4.35. The number of hydrogen-bond acceptors (Lipinski definition) is 2. The van der Waals surface area contributed by atoms with Crippen LogP contribution in [0.15, 0.2) is 18.7 Å². The Kier molecular flexibility index (Phi) is 5.53. The van der Waals surface area contributed by atoms with Crippen LogP contribution in [-0.2, 0) is 6.54 Å². The van der Waals surface area contributed by atoms with Crippen molar-refractivity contribution in [3.63, 3.8) is 0 Å². The molecule has 3 heteroatoms. The molecule has 3 nitrogen and oxygen atoms in total. The molecule has 1 N–H and O–H groups in total. The third-order valence-electron chi connectivity index (χ3n) is 3.37. The molecule has 0 aromatic carbocycles. The van der Waals surface area contributed by atoms with E-state index in [2.05, 4.69) is 42.6 Å². The SMILES string of the molecule is CCC(C)C(C)NCC(C)Cn1ccnc1. The predicted octanol–water partition coefficient (Wildman–Crippen LogP) is 2.54. The number of aromatic nitrogens is 2. The molecule has 0 radical (unpaired) electrons. The van der Waals surface area contributed by atoms with Gasteiger partial charge in [0, 0.05) is 25.0 Å². The van der Waals surface area contributed by atoms with Gasteiger partial charge in [-0.05, 0) is 25.3 Å². The summed E-state index contributed by atoms with van der Waals surface area (Å²) >= 11 is 0. The lowest BCUT2D eigenvalue weighted by Gasteiger charge is -2.22. The van der Waals surface area contributed by atoms with E-state index in [0.29, 0.717) is 12.0 Å². The Labute approximate surface area is 99.3 Å². The lowest BCUT2D eigenvalue weighted by atomic mass is 10.0. The van der Waals surface area contributed by atoms with Crippen molar-refractivity contribution in [2.45, 2.75) is 46.7 Å². The van der Waals surface area contributed by atoms with E-state index in [9.17, 15) is 0 Å². The Hall–Kier alpha value is -0.830. The number of nitrogens with one attached hydrogen (secondary N) is 1. The van der Waals surface area contributed by atoms with Gasteiger partial charge in [-0.2, -0.15) is 0 Å². The van der Waals surface area contributed by atoms with Crippen molar-refractivity contribution in [2.75, 3.05) is 6.54 Å². The van der Waals surface area contributed by atoms with Crippen LogP contribution in [0.25, 0.3) is 0 Å². The number of rotatable bonds is 7. The zero-order valence-electron chi connectivity index (χ0n) is 11.0. The van der Waals surface area contributed by atoms with E-state index in [1.54, 1.807) is 0 Å². The zero-order valence-corrected chi connectivity index (χ0v) is 11.0. The molecule has 1 aromatic heterocycles. The van der Waals surface area contributed by atoms with Gasteiger partial charge in [0.05, 0.1) is 6.33 Å². The van der Waals surface area contributed by atoms with Crippen LogP contribution < -0.4 is 5.32 Å². The van der Waals surface area contributed by atoms with Crippen molar-refractivity contribution < 1.29 is 0 Å². The fourth-order valence-electron chi connectivity index (χ4n) is 1.76. The first-order valence-corrected chi connectivity index (χ1v) is 6.32. The maximum absolute atomic E-state index is 4.05. The second-order valence-electron chi connectivity index (χ2n) is 4.95. The maximum Gasteiger partial charge on any atom is 0.0946 e. The summed E-state index contributed by atoms with van der Waals surface area (Å²) in [6.45, 7) is 11.2. The summed E-state index contributed by atoms with van der Waals surface area (Å²) < 4.78 is 2.14. The van der Waals surface area contributed by atoms with Gasteiger partial charge in [-0.3, -0.25) is 0 Å². The van der Waals surface area contributed by atoms with Gasteiger partial charge < -0.3 is 9.88 Å². The smallest absolute Gasteiger partial charge is 0.0946 e. The molecule has 0 amide bonds. The molecule has 0 saturated heterocycles. The van der Waals surface area contributed by atoms with E-state index in [-0.39, 0.29) is 0 Å². The topological polar surface area (TPSA) is 29.9 Å². The van der Waals surface area contributed by atoms with E-state index < -0.39 is 0 Å². The first-order valence-electron chi connectivity index (χ1n) is 6.32. The van der Waals surface area contributed by atoms with Gasteiger partial charge in [0.25, 0.3) is 0 Å². The molecular formula is C13H25N3. The van der Waals surface area contributed by atoms with Gasteiger partial charge >= 0.3 is 0 Å². The van der Waals surface area contributed by atoms with Gasteiger partial charge in [0.15, 0.2) is 0 Å². The summed E-state index contributed by atoms with van der Waals surface area (Å²) in [6, 6.07) is 0.607. The van der Waals surface area contributed by atoms with Crippen LogP contribution in [0, 0.1) is 11.8 Å². The van der Waals surface area contributed by atoms with E-state index in [1.165, 1.54) is 6.42 Å². The van der Waals surface area contributed by atoms with Gasteiger partial charge in [-0.25, -0.2) is 4.98 Å². The molecule has 0 aliphatic carbocycles. The van der Waals surface area contributed by atoms with Gasteiger partial charge in [0.2, 0.25) is 0 Å². The van der Waals surface area contributed by atoms with E-state index in [0.717, 1.165) is 19.0 Å². The first kappa shape index (κ1) is 13.2. The second kappa shape index (κ2) is 6.69. The molecule has 0 aliphatic heterocycles. The second-order valence-corrected chi connectivity index (χ2v) is 4.95. The Balaban J connectivity index is 2.22. The Bertz CT molecular complexity index is 269. The van der Waals surface area contributed by atoms with E-state index in [4.69, 9.17) is 0 Å². The Morgan fingerprint density at radius 3 is 2.62 bits per heavy atom. The van der Waals surface area contributed by atoms with Gasteiger partial charge in [-0.15, -0.1) is 0 Å². The molecule has 1 heterocycles. The molecule has 1 rings (SSSR count). The average Bonchev–Trinajstić information content (AvgIpc) is 2.77. The van der Waals surface area contributed by atoms with Crippen molar-refractivity contribution in [1.82, 2.24) is 14.9 Å². The molecule has 0 fully saturated rings. The normalized spacial score (nSPS) is 17.0. The molecule has 92 valence electrons. The van der Waals surface area contributed by atoms with Crippen LogP contribution >= 0.6 is 0 Å². The minimum Gasteiger partial charge on any atom is -0.337 e. The van der Waals surface area contributed by atoms with Crippen LogP contribution in [0.2, 0.25) is 0 Å². The summed E-state index contributed by atoms with van der Waals surface area (Å²) in [6.07, 6.45) is 6.98. The molecule has 3 unspecified atom stereocenters. The molecule has 0 spiro atoms. The summed E-state index contributed by atoms with van der Waals surface area (Å²) in [5.41, 5.74) is 0. The average molecular weight is 223 g/mol. The molecule has 0 bridgehead atoms. The highest BCUT2D eigenvalue weighted by molar-refractivity contribution is 4.76. The molecular weight excluding hydrogens is 198 g/mol. The Morgan fingerprint density at radius 2 is 2.06 bits per heavy atom. The van der Waals surface area contributed by atoms with Crippen LogP contribution in [0.3, 0.4) is 0 Å². The highest BCUT2D eigenvalue weighted by Crippen LogP contribution is 2.07. The molecule has 1 aromatic rings. The van der Waals surface area contributed by atoms with Crippen LogP contribution in [0.5, 0.6) is 0 Å². The van der Waals surface area contributed by atoms with Gasteiger partial charge in [0.1, 0.15) is 0 Å². The number of nitrogens with zero attached hydrogens (tertiary/aromatic N) is 2. The fraction of sp³-hybridized carbons (Fsp3) is 0.769. The standard InChI is InChI=1S/C13H25N3/c1-5-12(3)13(4)15-8-11(2)9-16-7-6-14-10-16/h6-7,10-13,15H,5,8-9H2,1-4H3. The van der Waals surface area contributed by atoms with E-state index in [1.807, 2.05) is 18.7 Å². The minimum atomic E-state index is 0.607. The molecule has 3 atom stereocenters. The third-order valence-corrected chi connectivity index (χ3v) is 3.37. The fourth-order valence-corrected chi connectivity index (χ4v) is 1.76. The van der Waals surface area contributed by atoms with Crippen LogP contribution in [0.4, 0.5) is 0 Å². The summed E-state index contributed by atoms with van der Waals surface area (Å²) in [5, 5.41) is 3.61. The van der Waals surface area contributed by atoms with Crippen molar-refractivity contribution in [3.8, 4) is 0 Å². The van der Waals surface area contributed by atoms with Crippen molar-refractivity contribution in [1.29, 1.82) is 0 Å². The molecule has 16 heavy (non-hydrogen) atoms. The maximum atomic E-state index is 4.05. The van der Waals surface area contributed by atoms with Crippen molar-refractivity contribution in [3.05, 3.63) is 18.7 Å². The number of imidazole rings is 1. The monoisotopic (exact) mass is 223 g/mol. The molecule has 0 aliphatic rings. The number of hydrogen-bond donors (Lipinski definition) is 1. The summed E-state index contributed by atoms with van der Waals surface area (Å²) in [4.78, 5) is 4.05. The van der Waals surface area contributed by atoms with E-state index >= 15 is 0 Å². The van der Waals surface area contributed by atoms with Crippen molar-refractivity contribution in [2.24, 2.45) is 11.8 Å². The van der Waals surface area contributed by atoms with Gasteiger partial charge in [-0.1, -0.05) is 27.2 Å². The largest absolute Gasteiger partial charge is 0.337 e. The lowest BCUT2D eigenvalue weighted by Crippen LogP contribution is -2.35. The lowest BCUT2D eigenvalue weighted by molar-refractivity contribution is 0.350. The highest BCUT2D eigenvalue weighted by atomic mass is 15.0. The highest BCUT2D eigenvalue weighted by Gasteiger charge is 2.11. The van der Waals surface area contributed by atoms with Crippen LogP contribution in [0.1, 0.15) is 34.1 Å². The Morgan fingerprint density at radius 1 is 1.31 bits per heavy atom. The summed E-state index contributed by atoms with van der Waals surface area (Å²) in [5.74, 6) is 1.39. The first-order chi connectivity index (χ1) is 7.63. The minimum absolute atomic E-state index is 0.607. The zero-order chi connectivity index (χ0) is 12.0. The summed E-state index contributed by atoms with van der Waals surface area (Å²) in [7, 11) is 0.